The molecule has 0 spiro atoms. The first-order chi connectivity index (χ1) is 10.9. The summed E-state index contributed by atoms with van der Waals surface area (Å²) in [5, 5.41) is 0. The predicted molar refractivity (Wildman–Crippen MR) is 89.8 cm³/mol. The SMILES string of the molecule is Cc1ccc(S(=O)(=O)O)cc1.NC1CCCN1c1cccnc1. The highest BCUT2D eigenvalue weighted by Gasteiger charge is 2.20. The van der Waals surface area contributed by atoms with Gasteiger partial charge < -0.3 is 10.6 Å². The van der Waals surface area contributed by atoms with Crippen molar-refractivity contribution in [3.05, 3.63) is 54.4 Å². The molecule has 1 saturated heterocycles. The van der Waals surface area contributed by atoms with Crippen molar-refractivity contribution < 1.29 is 13.0 Å². The Labute approximate surface area is 136 Å². The molecule has 1 atom stereocenters. The Balaban J connectivity index is 0.000000168. The fraction of sp³-hybridized carbons (Fsp3) is 0.312. The molecule has 0 radical (unpaired) electrons. The van der Waals surface area contributed by atoms with Crippen molar-refractivity contribution in [1.82, 2.24) is 4.98 Å². The average molecular weight is 335 g/mol. The molecule has 7 heteroatoms. The molecule has 0 bridgehead atoms. The van der Waals surface area contributed by atoms with Crippen molar-refractivity contribution in [1.29, 1.82) is 0 Å². The molecule has 3 N–H and O–H groups in total. The van der Waals surface area contributed by atoms with Gasteiger partial charge in [-0.05, 0) is 44.0 Å². The van der Waals surface area contributed by atoms with E-state index in [0.29, 0.717) is 0 Å². The lowest BCUT2D eigenvalue weighted by Crippen LogP contribution is -2.36. The zero-order valence-electron chi connectivity index (χ0n) is 13.0. The molecule has 1 aromatic carbocycles. The summed E-state index contributed by atoms with van der Waals surface area (Å²) >= 11 is 0. The van der Waals surface area contributed by atoms with E-state index in [1.54, 1.807) is 18.3 Å². The Bertz CT molecular complexity index is 718. The summed E-state index contributed by atoms with van der Waals surface area (Å²) in [6, 6.07) is 9.99. The number of hydrogen-bond donors (Lipinski definition) is 2. The zero-order chi connectivity index (χ0) is 16.9. The average Bonchev–Trinajstić information content (AvgIpc) is 2.94. The van der Waals surface area contributed by atoms with Crippen LogP contribution in [0.15, 0.2) is 53.7 Å². The van der Waals surface area contributed by atoms with Crippen LogP contribution in [0.25, 0.3) is 0 Å². The largest absolute Gasteiger partial charge is 0.355 e. The molecular formula is C16H21N3O3S. The standard InChI is InChI=1S/C9H13N3.C7H8O3S/c10-9-4-2-6-12(9)8-3-1-5-11-7-8;1-6-2-4-7(5-3-6)11(8,9)10/h1,3,5,7,9H,2,4,6,10H2;2-5H,1H3,(H,8,9,10). The fourth-order valence-electron chi connectivity index (χ4n) is 2.35. The van der Waals surface area contributed by atoms with Gasteiger partial charge in [-0.1, -0.05) is 17.7 Å². The van der Waals surface area contributed by atoms with Gasteiger partial charge in [-0.2, -0.15) is 8.42 Å². The maximum absolute atomic E-state index is 10.5. The molecule has 1 aromatic heterocycles. The minimum atomic E-state index is -4.02. The van der Waals surface area contributed by atoms with Crippen LogP contribution in [0.3, 0.4) is 0 Å². The number of benzene rings is 1. The molecule has 0 aliphatic carbocycles. The molecule has 1 aliphatic heterocycles. The Morgan fingerprint density at radius 1 is 1.26 bits per heavy atom. The molecule has 124 valence electrons. The van der Waals surface area contributed by atoms with Gasteiger partial charge in [0.1, 0.15) is 0 Å². The van der Waals surface area contributed by atoms with Gasteiger partial charge in [-0.3, -0.25) is 9.54 Å². The highest BCUT2D eigenvalue weighted by atomic mass is 32.2. The molecule has 2 heterocycles. The summed E-state index contributed by atoms with van der Waals surface area (Å²) in [6.45, 7) is 2.90. The zero-order valence-corrected chi connectivity index (χ0v) is 13.8. The number of pyridine rings is 1. The summed E-state index contributed by atoms with van der Waals surface area (Å²) in [5.41, 5.74) is 8.01. The van der Waals surface area contributed by atoms with Crippen LogP contribution < -0.4 is 10.6 Å². The molecule has 1 aliphatic rings. The van der Waals surface area contributed by atoms with Crippen molar-refractivity contribution in [2.24, 2.45) is 5.73 Å². The fourth-order valence-corrected chi connectivity index (χ4v) is 2.83. The van der Waals surface area contributed by atoms with Gasteiger partial charge >= 0.3 is 0 Å². The topological polar surface area (TPSA) is 96.5 Å². The minimum absolute atomic E-state index is 0.0666. The molecule has 0 amide bonds. The van der Waals surface area contributed by atoms with Crippen molar-refractivity contribution in [3.8, 4) is 0 Å². The maximum Gasteiger partial charge on any atom is 0.294 e. The second-order valence-electron chi connectivity index (χ2n) is 5.40. The third-order valence-corrected chi connectivity index (χ3v) is 4.46. The van der Waals surface area contributed by atoms with Gasteiger partial charge in [0.05, 0.1) is 22.9 Å². The Morgan fingerprint density at radius 2 is 1.96 bits per heavy atom. The van der Waals surface area contributed by atoms with Crippen molar-refractivity contribution in [3.63, 3.8) is 0 Å². The number of nitrogens with zero attached hydrogens (tertiary/aromatic N) is 2. The van der Waals surface area contributed by atoms with Crippen LogP contribution in [-0.4, -0.2) is 30.7 Å². The van der Waals surface area contributed by atoms with E-state index in [1.165, 1.54) is 18.6 Å². The van der Waals surface area contributed by atoms with Crippen LogP contribution >= 0.6 is 0 Å². The van der Waals surface area contributed by atoms with Gasteiger partial charge in [0.15, 0.2) is 0 Å². The number of anilines is 1. The molecule has 1 unspecified atom stereocenters. The van der Waals surface area contributed by atoms with Gasteiger partial charge in [-0.15, -0.1) is 0 Å². The van der Waals surface area contributed by atoms with Gasteiger partial charge in [0.25, 0.3) is 10.1 Å². The Morgan fingerprint density at radius 3 is 2.43 bits per heavy atom. The smallest absolute Gasteiger partial charge is 0.294 e. The van der Waals surface area contributed by atoms with Gasteiger partial charge in [0, 0.05) is 12.7 Å². The summed E-state index contributed by atoms with van der Waals surface area (Å²) < 4.78 is 29.6. The summed E-state index contributed by atoms with van der Waals surface area (Å²) in [6.07, 6.45) is 6.12. The van der Waals surface area contributed by atoms with E-state index in [2.05, 4.69) is 16.0 Å². The third-order valence-electron chi connectivity index (χ3n) is 3.60. The second-order valence-corrected chi connectivity index (χ2v) is 6.82. The van der Waals surface area contributed by atoms with E-state index >= 15 is 0 Å². The van der Waals surface area contributed by atoms with Crippen LogP contribution in [0.1, 0.15) is 18.4 Å². The van der Waals surface area contributed by atoms with E-state index in [0.717, 1.165) is 24.2 Å². The van der Waals surface area contributed by atoms with E-state index in [-0.39, 0.29) is 11.1 Å². The number of aromatic nitrogens is 1. The third kappa shape index (κ3) is 5.02. The van der Waals surface area contributed by atoms with E-state index in [1.807, 2.05) is 19.2 Å². The van der Waals surface area contributed by atoms with Crippen molar-refractivity contribution >= 4 is 15.8 Å². The Hall–Kier alpha value is -1.96. The summed E-state index contributed by atoms with van der Waals surface area (Å²) in [5.74, 6) is 0. The van der Waals surface area contributed by atoms with E-state index < -0.39 is 10.1 Å². The van der Waals surface area contributed by atoms with Gasteiger partial charge in [-0.25, -0.2) is 0 Å². The van der Waals surface area contributed by atoms with Crippen molar-refractivity contribution in [2.75, 3.05) is 11.4 Å². The number of aryl methyl sites for hydroxylation is 1. The van der Waals surface area contributed by atoms with Crippen LogP contribution in [0.2, 0.25) is 0 Å². The molecule has 23 heavy (non-hydrogen) atoms. The number of hydrogen-bond acceptors (Lipinski definition) is 5. The van der Waals surface area contributed by atoms with Crippen LogP contribution in [0, 0.1) is 6.92 Å². The van der Waals surface area contributed by atoms with E-state index in [9.17, 15) is 8.42 Å². The lowest BCUT2D eigenvalue weighted by atomic mass is 10.2. The molecule has 2 aromatic rings. The normalized spacial score (nSPS) is 17.5. The lowest BCUT2D eigenvalue weighted by molar-refractivity contribution is 0.483. The quantitative estimate of drug-likeness (QED) is 0.817. The van der Waals surface area contributed by atoms with Crippen LogP contribution in [-0.2, 0) is 10.1 Å². The number of nitrogens with two attached hydrogens (primary N) is 1. The molecule has 1 fully saturated rings. The predicted octanol–water partition coefficient (Wildman–Crippen LogP) is 2.21. The van der Waals surface area contributed by atoms with Gasteiger partial charge in [0.2, 0.25) is 0 Å². The second kappa shape index (κ2) is 7.54. The molecular weight excluding hydrogens is 314 g/mol. The number of rotatable bonds is 2. The highest BCUT2D eigenvalue weighted by molar-refractivity contribution is 7.85. The van der Waals surface area contributed by atoms with E-state index in [4.69, 9.17) is 10.3 Å². The maximum atomic E-state index is 10.5. The highest BCUT2D eigenvalue weighted by Crippen LogP contribution is 2.21. The minimum Gasteiger partial charge on any atom is -0.355 e. The first kappa shape index (κ1) is 17.4. The monoisotopic (exact) mass is 335 g/mol. The summed E-state index contributed by atoms with van der Waals surface area (Å²) in [4.78, 5) is 6.20. The summed E-state index contributed by atoms with van der Waals surface area (Å²) in [7, 11) is -4.02. The molecule has 3 rings (SSSR count). The first-order valence-electron chi connectivity index (χ1n) is 7.34. The van der Waals surface area contributed by atoms with Crippen LogP contribution in [0.5, 0.6) is 0 Å². The lowest BCUT2D eigenvalue weighted by Gasteiger charge is -2.22. The first-order valence-corrected chi connectivity index (χ1v) is 8.78. The Kier molecular flexibility index (Phi) is 5.70. The van der Waals surface area contributed by atoms with Crippen LogP contribution in [0.4, 0.5) is 5.69 Å². The molecule has 0 saturated carbocycles. The molecule has 6 nitrogen and oxygen atoms in total. The van der Waals surface area contributed by atoms with Crippen molar-refractivity contribution in [2.45, 2.75) is 30.8 Å².